The van der Waals surface area contributed by atoms with E-state index >= 15 is 0 Å². The van der Waals surface area contributed by atoms with Crippen molar-refractivity contribution < 1.29 is 24.5 Å². The van der Waals surface area contributed by atoms with Crippen molar-refractivity contribution in [2.45, 2.75) is 251 Å². The number of ether oxygens (including phenoxy) is 1. The highest BCUT2D eigenvalue weighted by Crippen LogP contribution is 2.17. The molecule has 6 nitrogen and oxygen atoms in total. The Morgan fingerprint density at radius 1 is 0.537 bits per heavy atom. The van der Waals surface area contributed by atoms with Crippen LogP contribution >= 0.6 is 0 Å². The lowest BCUT2D eigenvalue weighted by Gasteiger charge is -2.24. The molecule has 0 fully saturated rings. The minimum atomic E-state index is -0.791. The van der Waals surface area contributed by atoms with E-state index < -0.39 is 18.2 Å². The third-order valence-electron chi connectivity index (χ3n) is 10.5. The molecule has 1 amide bonds. The van der Waals surface area contributed by atoms with Gasteiger partial charge in [-0.1, -0.05) is 186 Å². The summed E-state index contributed by atoms with van der Waals surface area (Å²) in [6, 6.07) is -0.706. The number of allylic oxidation sites excluding steroid dienone is 6. The summed E-state index contributed by atoms with van der Waals surface area (Å²) in [5.41, 5.74) is 0. The smallest absolute Gasteiger partial charge is 0.306 e. The summed E-state index contributed by atoms with van der Waals surface area (Å²) in [6.07, 6.45) is 47.7. The molecule has 0 rings (SSSR count). The van der Waals surface area contributed by atoms with Gasteiger partial charge in [0.25, 0.3) is 0 Å². The van der Waals surface area contributed by atoms with E-state index in [0.29, 0.717) is 19.3 Å². The summed E-state index contributed by atoms with van der Waals surface area (Å²) in [4.78, 5) is 26.0. The first-order valence-corrected chi connectivity index (χ1v) is 23.2. The monoisotopic (exact) mass is 760 g/mol. The molecule has 0 aromatic rings. The molecule has 0 saturated heterocycles. The lowest BCUT2D eigenvalue weighted by atomic mass is 10.0. The molecule has 0 saturated carbocycles. The van der Waals surface area contributed by atoms with Gasteiger partial charge in [-0.15, -0.1) is 0 Å². The molecule has 0 aliphatic rings. The molecule has 3 N–H and O–H groups in total. The molecule has 6 heteroatoms. The van der Waals surface area contributed by atoms with Gasteiger partial charge in [-0.25, -0.2) is 0 Å². The highest BCUT2D eigenvalue weighted by atomic mass is 16.5. The van der Waals surface area contributed by atoms with Crippen LogP contribution in [0.15, 0.2) is 36.5 Å². The third kappa shape index (κ3) is 37.0. The van der Waals surface area contributed by atoms with Crippen molar-refractivity contribution in [3.63, 3.8) is 0 Å². The van der Waals surface area contributed by atoms with Gasteiger partial charge in [0.15, 0.2) is 0 Å². The Morgan fingerprint density at radius 3 is 1.52 bits per heavy atom. The van der Waals surface area contributed by atoms with Crippen LogP contribution in [0.2, 0.25) is 0 Å². The average Bonchev–Trinajstić information content (AvgIpc) is 3.16. The summed E-state index contributed by atoms with van der Waals surface area (Å²) >= 11 is 0. The van der Waals surface area contributed by atoms with Gasteiger partial charge >= 0.3 is 5.97 Å². The first-order valence-electron chi connectivity index (χ1n) is 23.2. The molecule has 0 radical (unpaired) electrons. The molecule has 0 heterocycles. The van der Waals surface area contributed by atoms with Crippen LogP contribution in [0.5, 0.6) is 0 Å². The SMILES string of the molecule is CCCC/C=C\CCCCCCCC(=O)OC(CCCCCC/C=C/C=C/CCCCC)CC(=O)NC(CO)C(O)CCCCCCCCCCCCC. The summed E-state index contributed by atoms with van der Waals surface area (Å²) < 4.78 is 5.89. The maximum absolute atomic E-state index is 13.1. The number of carbonyl (C=O) groups excluding carboxylic acids is 2. The molecular formula is C48H89NO5. The quantitative estimate of drug-likeness (QED) is 0.0250. The van der Waals surface area contributed by atoms with Crippen LogP contribution in [0.3, 0.4) is 0 Å². The Labute approximate surface area is 334 Å². The molecule has 0 bridgehead atoms. The maximum atomic E-state index is 13.1. The summed E-state index contributed by atoms with van der Waals surface area (Å²) in [5, 5.41) is 23.6. The molecule has 0 aliphatic heterocycles. The van der Waals surface area contributed by atoms with E-state index in [-0.39, 0.29) is 24.9 Å². The zero-order valence-electron chi connectivity index (χ0n) is 35.9. The minimum absolute atomic E-state index is 0.0620. The number of hydrogen-bond donors (Lipinski definition) is 3. The van der Waals surface area contributed by atoms with Crippen LogP contribution in [0.25, 0.3) is 0 Å². The van der Waals surface area contributed by atoms with E-state index in [1.54, 1.807) is 0 Å². The Hall–Kier alpha value is -1.92. The van der Waals surface area contributed by atoms with E-state index in [2.05, 4.69) is 62.5 Å². The van der Waals surface area contributed by atoms with Crippen molar-refractivity contribution in [1.82, 2.24) is 5.32 Å². The maximum Gasteiger partial charge on any atom is 0.306 e. The molecule has 316 valence electrons. The number of rotatable bonds is 41. The van der Waals surface area contributed by atoms with Gasteiger partial charge in [-0.3, -0.25) is 9.59 Å². The number of carbonyl (C=O) groups is 2. The molecule has 3 unspecified atom stereocenters. The first kappa shape index (κ1) is 52.1. The molecule has 0 spiro atoms. The molecule has 0 aromatic heterocycles. The van der Waals surface area contributed by atoms with Crippen molar-refractivity contribution in [3.05, 3.63) is 36.5 Å². The van der Waals surface area contributed by atoms with Crippen molar-refractivity contribution in [1.29, 1.82) is 0 Å². The van der Waals surface area contributed by atoms with Crippen LogP contribution in [0, 0.1) is 0 Å². The second-order valence-corrected chi connectivity index (χ2v) is 15.8. The van der Waals surface area contributed by atoms with Gasteiger partial charge in [0.2, 0.25) is 5.91 Å². The van der Waals surface area contributed by atoms with Crippen LogP contribution in [0.1, 0.15) is 233 Å². The fraction of sp³-hybridized carbons (Fsp3) is 0.833. The summed E-state index contributed by atoms with van der Waals surface area (Å²) in [5.74, 6) is -0.503. The number of unbranched alkanes of at least 4 members (excludes halogenated alkanes) is 24. The van der Waals surface area contributed by atoms with E-state index in [9.17, 15) is 19.8 Å². The van der Waals surface area contributed by atoms with Crippen LogP contribution in [0.4, 0.5) is 0 Å². The number of nitrogens with one attached hydrogen (secondary N) is 1. The van der Waals surface area contributed by atoms with Crippen molar-refractivity contribution in [2.24, 2.45) is 0 Å². The second kappa shape index (κ2) is 42.2. The predicted octanol–water partition coefficient (Wildman–Crippen LogP) is 13.3. The standard InChI is InChI=1S/C48H89NO5/c1-4-7-10-13-16-19-22-23-26-27-30-33-36-39-44(54-48(53)41-38-35-32-29-25-21-18-15-12-9-6-3)42-47(52)49-45(43-50)46(51)40-37-34-31-28-24-20-17-14-11-8-5-2/h15-16,18-19,22-23,44-46,50-51H,4-14,17,20-21,24-43H2,1-3H3,(H,49,52)/b18-15-,19-16+,23-22+. The van der Waals surface area contributed by atoms with Crippen LogP contribution in [-0.2, 0) is 14.3 Å². The number of aliphatic hydroxyl groups excluding tert-OH is 2. The third-order valence-corrected chi connectivity index (χ3v) is 10.5. The Morgan fingerprint density at radius 2 is 0.963 bits per heavy atom. The zero-order chi connectivity index (χ0) is 39.6. The summed E-state index contributed by atoms with van der Waals surface area (Å²) in [7, 11) is 0. The van der Waals surface area contributed by atoms with Crippen LogP contribution in [-0.4, -0.2) is 46.9 Å². The number of esters is 1. The number of aliphatic hydroxyl groups is 2. The molecule has 0 aliphatic carbocycles. The normalized spacial score (nSPS) is 13.6. The highest BCUT2D eigenvalue weighted by molar-refractivity contribution is 5.77. The van der Waals surface area contributed by atoms with E-state index in [4.69, 9.17) is 4.74 Å². The fourth-order valence-electron chi connectivity index (χ4n) is 6.87. The average molecular weight is 760 g/mol. The Balaban J connectivity index is 4.64. The first-order chi connectivity index (χ1) is 26.5. The zero-order valence-corrected chi connectivity index (χ0v) is 35.9. The van der Waals surface area contributed by atoms with Crippen molar-refractivity contribution in [2.75, 3.05) is 6.61 Å². The largest absolute Gasteiger partial charge is 0.462 e. The summed E-state index contributed by atoms with van der Waals surface area (Å²) in [6.45, 7) is 6.39. The van der Waals surface area contributed by atoms with Crippen LogP contribution < -0.4 is 5.32 Å². The number of hydrogen-bond acceptors (Lipinski definition) is 5. The van der Waals surface area contributed by atoms with E-state index in [1.807, 2.05) is 0 Å². The highest BCUT2D eigenvalue weighted by Gasteiger charge is 2.24. The van der Waals surface area contributed by atoms with Gasteiger partial charge in [-0.05, 0) is 70.6 Å². The Kier molecular flexibility index (Phi) is 40.7. The van der Waals surface area contributed by atoms with Gasteiger partial charge in [-0.2, -0.15) is 0 Å². The molecule has 54 heavy (non-hydrogen) atoms. The second-order valence-electron chi connectivity index (χ2n) is 15.8. The minimum Gasteiger partial charge on any atom is -0.462 e. The molecular weight excluding hydrogens is 671 g/mol. The Bertz CT molecular complexity index is 900. The number of amides is 1. The van der Waals surface area contributed by atoms with Gasteiger partial charge in [0.1, 0.15) is 6.10 Å². The predicted molar refractivity (Wildman–Crippen MR) is 232 cm³/mol. The van der Waals surface area contributed by atoms with Gasteiger partial charge < -0.3 is 20.3 Å². The topological polar surface area (TPSA) is 95.9 Å². The van der Waals surface area contributed by atoms with Crippen molar-refractivity contribution >= 4 is 11.9 Å². The fourth-order valence-corrected chi connectivity index (χ4v) is 6.87. The lowest BCUT2D eigenvalue weighted by Crippen LogP contribution is -2.46. The lowest BCUT2D eigenvalue weighted by molar-refractivity contribution is -0.151. The van der Waals surface area contributed by atoms with Gasteiger partial charge in [0, 0.05) is 6.42 Å². The molecule has 0 aromatic carbocycles. The van der Waals surface area contributed by atoms with E-state index in [0.717, 1.165) is 83.5 Å². The molecule has 3 atom stereocenters. The van der Waals surface area contributed by atoms with Gasteiger partial charge in [0.05, 0.1) is 25.2 Å². The van der Waals surface area contributed by atoms with Crippen molar-refractivity contribution in [3.8, 4) is 0 Å². The van der Waals surface area contributed by atoms with E-state index in [1.165, 1.54) is 103 Å².